The van der Waals surface area contributed by atoms with Crippen molar-refractivity contribution in [2.75, 3.05) is 36.4 Å². The minimum atomic E-state index is -0.568. The van der Waals surface area contributed by atoms with Crippen molar-refractivity contribution in [2.24, 2.45) is 0 Å². The maximum absolute atomic E-state index is 14.6. The summed E-state index contributed by atoms with van der Waals surface area (Å²) in [5, 5.41) is 17.2. The fraction of sp³-hybridized carbons (Fsp3) is 0.370. The first-order valence-corrected chi connectivity index (χ1v) is 12.6. The van der Waals surface area contributed by atoms with Crippen molar-refractivity contribution in [3.05, 3.63) is 53.9 Å². The van der Waals surface area contributed by atoms with Crippen LogP contribution in [0.3, 0.4) is 0 Å². The van der Waals surface area contributed by atoms with E-state index in [4.69, 9.17) is 4.74 Å². The number of ether oxygens (including phenoxy) is 1. The smallest absolute Gasteiger partial charge is 0.410 e. The van der Waals surface area contributed by atoms with E-state index in [-0.39, 0.29) is 24.0 Å². The Morgan fingerprint density at radius 2 is 1.90 bits per heavy atom. The average Bonchev–Trinajstić information content (AvgIpc) is 3.45. The number of nitrogens with zero attached hydrogens (tertiary/aromatic N) is 7. The van der Waals surface area contributed by atoms with Crippen molar-refractivity contribution in [1.82, 2.24) is 24.1 Å². The second kappa shape index (κ2) is 9.90. The maximum atomic E-state index is 14.6. The lowest BCUT2D eigenvalue weighted by atomic mass is 10.1. The second-order valence-electron chi connectivity index (χ2n) is 10.5. The molecular weight excluding hydrogens is 503 g/mol. The highest BCUT2D eigenvalue weighted by molar-refractivity contribution is 6.14. The van der Waals surface area contributed by atoms with Crippen LogP contribution in [0.15, 0.2) is 36.8 Å². The van der Waals surface area contributed by atoms with Gasteiger partial charge in [-0.15, -0.1) is 0 Å². The van der Waals surface area contributed by atoms with Crippen LogP contribution in [0.2, 0.25) is 0 Å². The normalized spacial score (nSPS) is 14.1. The van der Waals surface area contributed by atoms with Crippen LogP contribution < -0.4 is 10.2 Å². The molecule has 1 aromatic carbocycles. The number of nitrogens with one attached hydrogen (secondary N) is 1. The minimum Gasteiger partial charge on any atom is -0.444 e. The zero-order chi connectivity index (χ0) is 27.9. The number of carbonyl (C=O) groups excluding carboxylic acids is 2. The molecule has 0 radical (unpaired) electrons. The van der Waals surface area contributed by atoms with Crippen molar-refractivity contribution in [3.63, 3.8) is 0 Å². The molecule has 0 saturated carbocycles. The van der Waals surface area contributed by atoms with Gasteiger partial charge < -0.3 is 24.3 Å². The second-order valence-corrected chi connectivity index (χ2v) is 10.5. The number of carbonyl (C=O) groups is 2. The van der Waals surface area contributed by atoms with Crippen LogP contribution in [0.1, 0.15) is 36.8 Å². The van der Waals surface area contributed by atoms with Crippen LogP contribution in [-0.4, -0.2) is 67.8 Å². The van der Waals surface area contributed by atoms with Gasteiger partial charge in [-0.3, -0.25) is 9.48 Å². The summed E-state index contributed by atoms with van der Waals surface area (Å²) in [7, 11) is 0. The van der Waals surface area contributed by atoms with Gasteiger partial charge in [-0.05, 0) is 39.8 Å². The molecule has 4 aromatic rings. The zero-order valence-corrected chi connectivity index (χ0v) is 22.2. The Kier molecular flexibility index (Phi) is 6.59. The van der Waals surface area contributed by atoms with Gasteiger partial charge in [0.25, 0.3) is 5.91 Å². The highest BCUT2D eigenvalue weighted by atomic mass is 19.1. The van der Waals surface area contributed by atoms with Gasteiger partial charge in [0, 0.05) is 61.9 Å². The number of hydrogen-bond donors (Lipinski definition) is 1. The molecule has 1 fully saturated rings. The van der Waals surface area contributed by atoms with E-state index in [9.17, 15) is 19.2 Å². The summed E-state index contributed by atoms with van der Waals surface area (Å²) in [6, 6.07) is 6.81. The fourth-order valence-electron chi connectivity index (χ4n) is 4.65. The molecule has 0 bridgehead atoms. The number of fused-ring (bicyclic) bond motifs is 2. The number of imidazole rings is 1. The van der Waals surface area contributed by atoms with Crippen molar-refractivity contribution in [1.29, 1.82) is 5.26 Å². The summed E-state index contributed by atoms with van der Waals surface area (Å²) in [5.41, 5.74) is 2.10. The molecule has 1 aliphatic heterocycles. The standard InChI is InChI=1S/C27H29FN8O3/c1-17-14-35-15-18(13-21(28)24(35)30-17)31-25(37)19-5-6-22(20-16-36(8-7-29)32-23(19)20)33-9-11-34(12-10-33)26(38)39-27(2,3)4/h5-6,13-16H,8-12H2,1-4H3,(H,31,37). The average molecular weight is 533 g/mol. The van der Waals surface area contributed by atoms with Crippen molar-refractivity contribution in [3.8, 4) is 6.07 Å². The van der Waals surface area contributed by atoms with E-state index in [1.807, 2.05) is 26.8 Å². The summed E-state index contributed by atoms with van der Waals surface area (Å²) in [5.74, 6) is -1.01. The van der Waals surface area contributed by atoms with Gasteiger partial charge in [0.2, 0.25) is 0 Å². The van der Waals surface area contributed by atoms with E-state index >= 15 is 0 Å². The van der Waals surface area contributed by atoms with Gasteiger partial charge in [0.05, 0.1) is 23.0 Å². The first-order chi connectivity index (χ1) is 18.5. The first-order valence-electron chi connectivity index (χ1n) is 12.6. The summed E-state index contributed by atoms with van der Waals surface area (Å²) in [6.45, 7) is 9.37. The monoisotopic (exact) mass is 532 g/mol. The number of aryl methyl sites for hydroxylation is 1. The van der Waals surface area contributed by atoms with E-state index < -0.39 is 17.3 Å². The third kappa shape index (κ3) is 5.34. The van der Waals surface area contributed by atoms with Gasteiger partial charge in [-0.2, -0.15) is 10.4 Å². The summed E-state index contributed by atoms with van der Waals surface area (Å²) >= 11 is 0. The van der Waals surface area contributed by atoms with Crippen LogP contribution in [-0.2, 0) is 11.3 Å². The number of aromatic nitrogens is 4. The summed E-state index contributed by atoms with van der Waals surface area (Å²) < 4.78 is 23.1. The van der Waals surface area contributed by atoms with Crippen LogP contribution in [0.5, 0.6) is 0 Å². The first kappa shape index (κ1) is 26.0. The Morgan fingerprint density at radius 1 is 1.15 bits per heavy atom. The zero-order valence-electron chi connectivity index (χ0n) is 22.2. The molecule has 1 saturated heterocycles. The molecule has 11 nitrogen and oxygen atoms in total. The topological polar surface area (TPSA) is 121 Å². The molecule has 39 heavy (non-hydrogen) atoms. The highest BCUT2D eigenvalue weighted by Crippen LogP contribution is 2.31. The molecule has 0 atom stereocenters. The van der Waals surface area contributed by atoms with Crippen molar-refractivity contribution >= 4 is 39.9 Å². The Morgan fingerprint density at radius 3 is 2.59 bits per heavy atom. The molecule has 0 spiro atoms. The van der Waals surface area contributed by atoms with Crippen molar-refractivity contribution < 1.29 is 18.7 Å². The Bertz CT molecular complexity index is 1620. The molecule has 202 valence electrons. The molecule has 1 N–H and O–H groups in total. The fourth-order valence-corrected chi connectivity index (χ4v) is 4.65. The predicted molar refractivity (Wildman–Crippen MR) is 143 cm³/mol. The number of halogens is 1. The van der Waals surface area contributed by atoms with E-state index in [0.717, 1.165) is 5.69 Å². The molecular formula is C27H29FN8O3. The number of piperazine rings is 1. The van der Waals surface area contributed by atoms with Gasteiger partial charge in [0.15, 0.2) is 11.5 Å². The Balaban J connectivity index is 1.41. The lowest BCUT2D eigenvalue weighted by Crippen LogP contribution is -2.50. The Hall–Kier alpha value is -4.66. The molecule has 2 amide bonds. The molecule has 12 heteroatoms. The molecule has 0 unspecified atom stereocenters. The van der Waals surface area contributed by atoms with Gasteiger partial charge in [-0.1, -0.05) is 0 Å². The number of nitriles is 1. The maximum Gasteiger partial charge on any atom is 0.410 e. The van der Waals surface area contributed by atoms with Crippen LogP contribution in [0.25, 0.3) is 16.6 Å². The van der Waals surface area contributed by atoms with Crippen LogP contribution in [0.4, 0.5) is 20.6 Å². The van der Waals surface area contributed by atoms with E-state index in [1.165, 1.54) is 15.1 Å². The third-order valence-corrected chi connectivity index (χ3v) is 6.33. The minimum absolute atomic E-state index is 0.0173. The molecule has 0 aliphatic carbocycles. The third-order valence-electron chi connectivity index (χ3n) is 6.33. The van der Waals surface area contributed by atoms with Crippen molar-refractivity contribution in [2.45, 2.75) is 39.8 Å². The number of amides is 2. The number of anilines is 2. The summed E-state index contributed by atoms with van der Waals surface area (Å²) in [6.07, 6.45) is 4.67. The highest BCUT2D eigenvalue weighted by Gasteiger charge is 2.27. The largest absolute Gasteiger partial charge is 0.444 e. The van der Waals surface area contributed by atoms with E-state index in [0.29, 0.717) is 48.3 Å². The van der Waals surface area contributed by atoms with Crippen LogP contribution >= 0.6 is 0 Å². The Labute approximate surface area is 224 Å². The molecule has 5 rings (SSSR count). The van der Waals surface area contributed by atoms with E-state index in [1.54, 1.807) is 36.5 Å². The lowest BCUT2D eigenvalue weighted by molar-refractivity contribution is 0.0240. The van der Waals surface area contributed by atoms with Crippen LogP contribution in [0, 0.1) is 24.1 Å². The lowest BCUT2D eigenvalue weighted by Gasteiger charge is -2.37. The number of pyridine rings is 1. The van der Waals surface area contributed by atoms with Gasteiger partial charge >= 0.3 is 6.09 Å². The molecule has 1 aliphatic rings. The van der Waals surface area contributed by atoms with Gasteiger partial charge in [-0.25, -0.2) is 14.2 Å². The number of benzene rings is 1. The predicted octanol–water partition coefficient (Wildman–Crippen LogP) is 3.96. The van der Waals surface area contributed by atoms with Gasteiger partial charge in [0.1, 0.15) is 17.7 Å². The number of hydrogen-bond acceptors (Lipinski definition) is 7. The quantitative estimate of drug-likeness (QED) is 0.422. The number of rotatable bonds is 4. The summed E-state index contributed by atoms with van der Waals surface area (Å²) in [4.78, 5) is 33.7. The van der Waals surface area contributed by atoms with E-state index in [2.05, 4.69) is 26.4 Å². The molecule has 3 aromatic heterocycles. The molecule has 4 heterocycles. The SMILES string of the molecule is Cc1cn2cc(NC(=O)c3ccc(N4CCN(C(=O)OC(C)(C)C)CC4)c4cn(CC#N)nc34)cc(F)c2n1.